The molecule has 5 nitrogen and oxygen atoms in total. The molecule has 2 aromatic rings. The minimum Gasteiger partial charge on any atom is -0.353 e. The quantitative estimate of drug-likeness (QED) is 0.872. The van der Waals surface area contributed by atoms with Crippen molar-refractivity contribution in [2.24, 2.45) is 5.92 Å². The van der Waals surface area contributed by atoms with Gasteiger partial charge in [-0.3, -0.25) is 14.6 Å². The Morgan fingerprint density at radius 2 is 2.17 bits per heavy atom. The SMILES string of the molecule is C[C@H]1CCc2nc3ccccc3c(C(=O)N3CCNC(=O)C3)c2C1. The number of pyridine rings is 1. The molecule has 1 aliphatic carbocycles. The highest BCUT2D eigenvalue weighted by Gasteiger charge is 2.29. The lowest BCUT2D eigenvalue weighted by Gasteiger charge is -2.30. The van der Waals surface area contributed by atoms with E-state index in [0.717, 1.165) is 47.0 Å². The Bertz CT molecular complexity index is 831. The summed E-state index contributed by atoms with van der Waals surface area (Å²) in [5.74, 6) is 0.431. The highest BCUT2D eigenvalue weighted by atomic mass is 16.2. The molecule has 1 aliphatic heterocycles. The van der Waals surface area contributed by atoms with Crippen molar-refractivity contribution in [1.82, 2.24) is 15.2 Å². The lowest BCUT2D eigenvalue weighted by molar-refractivity contribution is -0.123. The average molecular weight is 323 g/mol. The van der Waals surface area contributed by atoms with Crippen LogP contribution in [0.25, 0.3) is 10.9 Å². The zero-order valence-corrected chi connectivity index (χ0v) is 13.8. The van der Waals surface area contributed by atoms with Gasteiger partial charge in [0.1, 0.15) is 0 Å². The van der Waals surface area contributed by atoms with Gasteiger partial charge in [-0.15, -0.1) is 0 Å². The average Bonchev–Trinajstić information content (AvgIpc) is 2.59. The fourth-order valence-corrected chi connectivity index (χ4v) is 3.78. The number of aromatic nitrogens is 1. The second-order valence-corrected chi connectivity index (χ2v) is 6.85. The predicted molar refractivity (Wildman–Crippen MR) is 91.8 cm³/mol. The number of hydrogen-bond acceptors (Lipinski definition) is 3. The van der Waals surface area contributed by atoms with Crippen molar-refractivity contribution in [2.45, 2.75) is 26.2 Å². The van der Waals surface area contributed by atoms with Crippen LogP contribution in [0.2, 0.25) is 0 Å². The predicted octanol–water partition coefficient (Wildman–Crippen LogP) is 1.93. The molecule has 2 aliphatic rings. The van der Waals surface area contributed by atoms with E-state index in [1.54, 1.807) is 4.90 Å². The van der Waals surface area contributed by atoms with E-state index >= 15 is 0 Å². The van der Waals surface area contributed by atoms with Crippen molar-refractivity contribution in [1.29, 1.82) is 0 Å². The van der Waals surface area contributed by atoms with Gasteiger partial charge >= 0.3 is 0 Å². The van der Waals surface area contributed by atoms with Crippen LogP contribution >= 0.6 is 0 Å². The molecule has 1 aromatic heterocycles. The zero-order valence-electron chi connectivity index (χ0n) is 13.8. The topological polar surface area (TPSA) is 62.3 Å². The van der Waals surface area contributed by atoms with Crippen LogP contribution in [0.15, 0.2) is 24.3 Å². The summed E-state index contributed by atoms with van der Waals surface area (Å²) in [6.45, 7) is 3.44. The van der Waals surface area contributed by atoms with Crippen molar-refractivity contribution < 1.29 is 9.59 Å². The number of para-hydroxylation sites is 1. The number of carbonyl (C=O) groups excluding carboxylic acids is 2. The summed E-state index contributed by atoms with van der Waals surface area (Å²) in [7, 11) is 0. The molecule has 0 unspecified atom stereocenters. The number of hydrogen-bond donors (Lipinski definition) is 1. The highest BCUT2D eigenvalue weighted by molar-refractivity contribution is 6.08. The van der Waals surface area contributed by atoms with Crippen LogP contribution in [0, 0.1) is 5.92 Å². The van der Waals surface area contributed by atoms with Crippen LogP contribution in [-0.4, -0.2) is 41.3 Å². The number of fused-ring (bicyclic) bond motifs is 2. The summed E-state index contributed by atoms with van der Waals surface area (Å²) in [5.41, 5.74) is 3.77. The monoisotopic (exact) mass is 323 g/mol. The number of rotatable bonds is 1. The Morgan fingerprint density at radius 3 is 3.00 bits per heavy atom. The van der Waals surface area contributed by atoms with Gasteiger partial charge in [-0.05, 0) is 36.8 Å². The molecule has 0 saturated carbocycles. The van der Waals surface area contributed by atoms with Crippen molar-refractivity contribution >= 4 is 22.7 Å². The maximum atomic E-state index is 13.3. The molecule has 1 aromatic carbocycles. The van der Waals surface area contributed by atoms with E-state index in [1.807, 2.05) is 24.3 Å². The normalized spacial score (nSPS) is 20.6. The number of amides is 2. The Hall–Kier alpha value is -2.43. The van der Waals surface area contributed by atoms with Crippen LogP contribution in [0.4, 0.5) is 0 Å². The molecule has 1 fully saturated rings. The van der Waals surface area contributed by atoms with E-state index in [-0.39, 0.29) is 18.4 Å². The minimum atomic E-state index is -0.0878. The fourth-order valence-electron chi connectivity index (χ4n) is 3.78. The number of nitrogens with one attached hydrogen (secondary N) is 1. The fraction of sp³-hybridized carbons (Fsp3) is 0.421. The van der Waals surface area contributed by atoms with Crippen molar-refractivity contribution in [3.63, 3.8) is 0 Å². The van der Waals surface area contributed by atoms with Crippen LogP contribution in [-0.2, 0) is 17.6 Å². The summed E-state index contributed by atoms with van der Waals surface area (Å²) < 4.78 is 0. The molecule has 1 N–H and O–H groups in total. The molecule has 0 spiro atoms. The first-order chi connectivity index (χ1) is 11.6. The van der Waals surface area contributed by atoms with Crippen molar-refractivity contribution in [2.75, 3.05) is 19.6 Å². The van der Waals surface area contributed by atoms with E-state index in [9.17, 15) is 9.59 Å². The maximum Gasteiger partial charge on any atom is 0.255 e. The Labute approximate surface area is 141 Å². The Morgan fingerprint density at radius 1 is 1.33 bits per heavy atom. The van der Waals surface area contributed by atoms with Gasteiger partial charge < -0.3 is 10.2 Å². The summed E-state index contributed by atoms with van der Waals surface area (Å²) in [6.07, 6.45) is 2.91. The third-order valence-corrected chi connectivity index (χ3v) is 5.04. The van der Waals surface area contributed by atoms with Gasteiger partial charge in [-0.2, -0.15) is 0 Å². The zero-order chi connectivity index (χ0) is 16.7. The number of piperazine rings is 1. The van der Waals surface area contributed by atoms with E-state index in [1.165, 1.54) is 0 Å². The highest BCUT2D eigenvalue weighted by Crippen LogP contribution is 2.32. The van der Waals surface area contributed by atoms with Crippen LogP contribution in [0.1, 0.15) is 35.0 Å². The van der Waals surface area contributed by atoms with Crippen molar-refractivity contribution in [3.8, 4) is 0 Å². The van der Waals surface area contributed by atoms with Gasteiger partial charge in [0.2, 0.25) is 5.91 Å². The van der Waals surface area contributed by atoms with E-state index in [4.69, 9.17) is 4.98 Å². The molecule has 2 amide bonds. The third-order valence-electron chi connectivity index (χ3n) is 5.04. The maximum absolute atomic E-state index is 13.3. The standard InChI is InChI=1S/C19H21N3O2/c1-12-6-7-16-14(10-12)18(13-4-2-3-5-15(13)21-16)19(24)22-9-8-20-17(23)11-22/h2-5,12H,6-11H2,1H3,(H,20,23)/t12-/m0/s1. The Balaban J connectivity index is 1.87. The van der Waals surface area contributed by atoms with E-state index in [2.05, 4.69) is 12.2 Å². The smallest absolute Gasteiger partial charge is 0.255 e. The van der Waals surface area contributed by atoms with Crippen LogP contribution in [0.5, 0.6) is 0 Å². The summed E-state index contributed by atoms with van der Waals surface area (Å²) in [4.78, 5) is 31.4. The molecule has 24 heavy (non-hydrogen) atoms. The van der Waals surface area contributed by atoms with Gasteiger partial charge in [0.15, 0.2) is 0 Å². The van der Waals surface area contributed by atoms with Crippen molar-refractivity contribution in [3.05, 3.63) is 41.1 Å². The summed E-state index contributed by atoms with van der Waals surface area (Å²) in [6, 6.07) is 7.84. The van der Waals surface area contributed by atoms with Gasteiger partial charge in [0, 0.05) is 24.2 Å². The first kappa shape index (κ1) is 15.1. The third kappa shape index (κ3) is 2.54. The molecule has 1 atom stereocenters. The second-order valence-electron chi connectivity index (χ2n) is 6.85. The summed E-state index contributed by atoms with van der Waals surface area (Å²) in [5, 5.41) is 3.68. The molecular formula is C19H21N3O2. The second kappa shape index (κ2) is 5.89. The molecule has 5 heteroatoms. The first-order valence-corrected chi connectivity index (χ1v) is 8.60. The first-order valence-electron chi connectivity index (χ1n) is 8.60. The number of carbonyl (C=O) groups is 2. The van der Waals surface area contributed by atoms with E-state index < -0.39 is 0 Å². The molecule has 124 valence electrons. The van der Waals surface area contributed by atoms with Gasteiger partial charge in [0.25, 0.3) is 5.91 Å². The molecule has 0 radical (unpaired) electrons. The molecular weight excluding hydrogens is 302 g/mol. The van der Waals surface area contributed by atoms with Crippen LogP contribution < -0.4 is 5.32 Å². The molecule has 0 bridgehead atoms. The largest absolute Gasteiger partial charge is 0.353 e. The number of nitrogens with zero attached hydrogens (tertiary/aromatic N) is 2. The van der Waals surface area contributed by atoms with Crippen LogP contribution in [0.3, 0.4) is 0 Å². The number of aryl methyl sites for hydroxylation is 1. The summed E-state index contributed by atoms with van der Waals surface area (Å²) >= 11 is 0. The van der Waals surface area contributed by atoms with Gasteiger partial charge in [0.05, 0.1) is 17.6 Å². The Kier molecular flexibility index (Phi) is 3.71. The van der Waals surface area contributed by atoms with Gasteiger partial charge in [-0.1, -0.05) is 25.1 Å². The number of benzene rings is 1. The molecule has 4 rings (SSSR count). The van der Waals surface area contributed by atoms with Gasteiger partial charge in [-0.25, -0.2) is 0 Å². The minimum absolute atomic E-state index is 0.0335. The molecule has 1 saturated heterocycles. The lowest BCUT2D eigenvalue weighted by Crippen LogP contribution is -2.50. The lowest BCUT2D eigenvalue weighted by atomic mass is 9.83. The van der Waals surface area contributed by atoms with E-state index in [0.29, 0.717) is 19.0 Å². The molecule has 2 heterocycles.